The molecule has 2 aliphatic rings. The van der Waals surface area contributed by atoms with Gasteiger partial charge < -0.3 is 14.6 Å². The maximum Gasteiger partial charge on any atom is 0.429 e. The van der Waals surface area contributed by atoms with Gasteiger partial charge in [0.1, 0.15) is 5.82 Å². The number of alkyl halides is 6. The molecule has 2 fully saturated rings. The Morgan fingerprint density at radius 2 is 1.48 bits per heavy atom. The number of amides is 2. The van der Waals surface area contributed by atoms with Crippen molar-refractivity contribution in [3.63, 3.8) is 0 Å². The van der Waals surface area contributed by atoms with Crippen LogP contribution in [0.3, 0.4) is 0 Å². The second kappa shape index (κ2) is 13.8. The van der Waals surface area contributed by atoms with Gasteiger partial charge in [0.15, 0.2) is 0 Å². The zero-order chi connectivity index (χ0) is 34.1. The minimum atomic E-state index is -5.03. The summed E-state index contributed by atoms with van der Waals surface area (Å²) in [5.41, 5.74) is -1.97. The van der Waals surface area contributed by atoms with E-state index in [0.717, 1.165) is 10.5 Å². The molecular weight excluding hydrogens is 621 g/mol. The van der Waals surface area contributed by atoms with Crippen LogP contribution in [0.4, 0.5) is 35.5 Å². The van der Waals surface area contributed by atoms with Crippen LogP contribution >= 0.6 is 0 Å². The third-order valence-electron chi connectivity index (χ3n) is 8.91. The summed E-state index contributed by atoms with van der Waals surface area (Å²) in [6.07, 6.45) is -9.95. The van der Waals surface area contributed by atoms with E-state index in [1.54, 1.807) is 13.0 Å². The third kappa shape index (κ3) is 8.11. The minimum Gasteiger partial charge on any atom is -0.350 e. The van der Waals surface area contributed by atoms with E-state index in [0.29, 0.717) is 56.7 Å². The number of halogens is 7. The quantitative estimate of drug-likeness (QED) is 0.307. The van der Waals surface area contributed by atoms with E-state index in [1.165, 1.54) is 31.2 Å². The monoisotopic (exact) mass is 660 g/mol. The first-order chi connectivity index (χ1) is 21.4. The number of hydrogen-bond acceptors (Lipinski definition) is 5. The first-order valence-corrected chi connectivity index (χ1v) is 15.2. The highest BCUT2D eigenvalue weighted by molar-refractivity contribution is 5.78. The number of nitrogens with zero attached hydrogens (tertiary/aromatic N) is 4. The van der Waals surface area contributed by atoms with E-state index in [4.69, 9.17) is 4.84 Å². The molecule has 0 N–H and O–H groups in total. The molecule has 2 amide bonds. The van der Waals surface area contributed by atoms with E-state index in [2.05, 4.69) is 4.90 Å². The van der Waals surface area contributed by atoms with Crippen LogP contribution in [0.15, 0.2) is 36.4 Å². The fourth-order valence-corrected chi connectivity index (χ4v) is 6.10. The summed E-state index contributed by atoms with van der Waals surface area (Å²) in [5.74, 6) is -0.438. The molecule has 4 rings (SSSR count). The number of hydroxylamine groups is 2. The van der Waals surface area contributed by atoms with Crippen molar-refractivity contribution in [3.8, 4) is 0 Å². The van der Waals surface area contributed by atoms with Gasteiger partial charge in [-0.05, 0) is 73.7 Å². The van der Waals surface area contributed by atoms with Crippen LogP contribution < -0.4 is 0 Å². The fraction of sp³-hybridized carbons (Fsp3) is 0.562. The molecule has 0 radical (unpaired) electrons. The summed E-state index contributed by atoms with van der Waals surface area (Å²) in [7, 11) is 1.24. The van der Waals surface area contributed by atoms with Crippen LogP contribution in [0.5, 0.6) is 0 Å². The summed E-state index contributed by atoms with van der Waals surface area (Å²) >= 11 is 0. The summed E-state index contributed by atoms with van der Waals surface area (Å²) < 4.78 is 94.8. The number of benzene rings is 2. The molecule has 2 aromatic rings. The van der Waals surface area contributed by atoms with Crippen LogP contribution in [0.2, 0.25) is 0 Å². The molecule has 0 aromatic heterocycles. The van der Waals surface area contributed by atoms with Gasteiger partial charge in [-0.15, -0.1) is 5.06 Å². The molecule has 0 bridgehead atoms. The highest BCUT2D eigenvalue weighted by atomic mass is 19.4. The molecule has 46 heavy (non-hydrogen) atoms. The number of carbonyl (C=O) groups is 2. The first kappa shape index (κ1) is 35.5. The van der Waals surface area contributed by atoms with Crippen molar-refractivity contribution >= 4 is 12.0 Å². The summed E-state index contributed by atoms with van der Waals surface area (Å²) in [6, 6.07) is 3.86. The summed E-state index contributed by atoms with van der Waals surface area (Å²) in [6.45, 7) is 9.53. The Hall–Kier alpha value is -3.39. The zero-order valence-corrected chi connectivity index (χ0v) is 26.4. The molecule has 0 spiro atoms. The van der Waals surface area contributed by atoms with Crippen molar-refractivity contribution in [2.24, 2.45) is 5.92 Å². The highest BCUT2D eigenvalue weighted by Gasteiger charge is 2.40. The second-order valence-corrected chi connectivity index (χ2v) is 12.3. The second-order valence-electron chi connectivity index (χ2n) is 12.3. The Bertz CT molecular complexity index is 1370. The fourth-order valence-electron chi connectivity index (χ4n) is 6.10. The van der Waals surface area contributed by atoms with Crippen LogP contribution in [-0.4, -0.2) is 77.6 Å². The van der Waals surface area contributed by atoms with Gasteiger partial charge in [-0.2, -0.15) is 26.3 Å². The topological polar surface area (TPSA) is 56.3 Å². The Balaban J connectivity index is 1.53. The Kier molecular flexibility index (Phi) is 10.6. The maximum absolute atomic E-state index is 14.0. The molecule has 0 aliphatic carbocycles. The van der Waals surface area contributed by atoms with E-state index in [-0.39, 0.29) is 36.0 Å². The molecule has 2 aliphatic heterocycles. The highest BCUT2D eigenvalue weighted by Crippen LogP contribution is 2.39. The Morgan fingerprint density at radius 1 is 0.891 bits per heavy atom. The Morgan fingerprint density at radius 3 is 2.00 bits per heavy atom. The summed E-state index contributed by atoms with van der Waals surface area (Å²) in [5, 5.41) is 1.45. The van der Waals surface area contributed by atoms with Crippen molar-refractivity contribution < 1.29 is 45.2 Å². The van der Waals surface area contributed by atoms with Gasteiger partial charge in [0.25, 0.3) is 0 Å². The molecule has 7 nitrogen and oxygen atoms in total. The van der Waals surface area contributed by atoms with E-state index >= 15 is 0 Å². The number of aryl methyl sites for hydroxylation is 1. The van der Waals surface area contributed by atoms with Gasteiger partial charge in [0, 0.05) is 51.7 Å². The van der Waals surface area contributed by atoms with Gasteiger partial charge in [0.2, 0.25) is 5.91 Å². The van der Waals surface area contributed by atoms with Gasteiger partial charge in [-0.3, -0.25) is 9.69 Å². The molecule has 2 saturated heterocycles. The van der Waals surface area contributed by atoms with E-state index in [1.807, 2.05) is 18.7 Å². The minimum absolute atomic E-state index is 0.0381. The Labute approximate surface area is 263 Å². The van der Waals surface area contributed by atoms with E-state index in [9.17, 15) is 40.3 Å². The van der Waals surface area contributed by atoms with Crippen molar-refractivity contribution in [1.29, 1.82) is 0 Å². The first-order valence-electron chi connectivity index (χ1n) is 15.2. The van der Waals surface area contributed by atoms with Gasteiger partial charge in [-0.1, -0.05) is 19.9 Å². The third-order valence-corrected chi connectivity index (χ3v) is 8.91. The maximum atomic E-state index is 14.0. The number of piperazine rings is 1. The lowest BCUT2D eigenvalue weighted by atomic mass is 9.89. The molecule has 2 heterocycles. The van der Waals surface area contributed by atoms with E-state index < -0.39 is 47.5 Å². The van der Waals surface area contributed by atoms with Crippen LogP contribution in [-0.2, 0) is 22.0 Å². The molecule has 254 valence electrons. The number of rotatable bonds is 6. The molecule has 0 saturated carbocycles. The van der Waals surface area contributed by atoms with Crippen molar-refractivity contribution in [2.45, 2.75) is 71.0 Å². The standard InChI is InChI=1S/C32H39F7N4O3/c1-19(2)29(44)42-12-10-41(11-13-42)26-8-9-43(28(18-26)27-7-6-25(33)14-20(27)3)46-30(45)40(5)21(4)22-15-23(31(34,35)36)17-24(16-22)32(37,38)39/h6-7,14-17,19,21,26,28H,8-13,18H2,1-5H3/t21-,26-,28-/m1/s1. The molecular formula is C32H39F7N4O3. The predicted molar refractivity (Wildman–Crippen MR) is 156 cm³/mol. The smallest absolute Gasteiger partial charge is 0.350 e. The normalized spacial score (nSPS) is 20.9. The number of carbonyl (C=O) groups excluding carboxylic acids is 2. The van der Waals surface area contributed by atoms with Gasteiger partial charge in [-0.25, -0.2) is 9.18 Å². The SMILES string of the molecule is Cc1cc(F)ccc1[C@H]1C[C@H](N2CCN(C(=O)C(C)C)CC2)CCN1OC(=O)N(C)[C@H](C)c1cc(C(F)(F)F)cc(C(F)(F)F)c1. The number of hydrogen-bond donors (Lipinski definition) is 0. The van der Waals surface area contributed by atoms with Crippen molar-refractivity contribution in [3.05, 3.63) is 70.0 Å². The predicted octanol–water partition coefficient (Wildman–Crippen LogP) is 7.22. The summed E-state index contributed by atoms with van der Waals surface area (Å²) in [4.78, 5) is 36.7. The van der Waals surface area contributed by atoms with Crippen LogP contribution in [0, 0.1) is 18.7 Å². The molecule has 14 heteroatoms. The van der Waals surface area contributed by atoms with Crippen molar-refractivity contribution in [1.82, 2.24) is 19.8 Å². The lowest BCUT2D eigenvalue weighted by Crippen LogP contribution is -2.55. The average Bonchev–Trinajstić information content (AvgIpc) is 2.99. The van der Waals surface area contributed by atoms with Crippen LogP contribution in [0.1, 0.15) is 73.5 Å². The molecule has 0 unspecified atom stereocenters. The number of piperidine rings is 1. The molecule has 2 aromatic carbocycles. The van der Waals surface area contributed by atoms with Gasteiger partial charge >= 0.3 is 18.4 Å². The zero-order valence-electron chi connectivity index (χ0n) is 26.4. The van der Waals surface area contributed by atoms with Crippen LogP contribution in [0.25, 0.3) is 0 Å². The average molecular weight is 661 g/mol. The lowest BCUT2D eigenvalue weighted by Gasteiger charge is -2.45. The van der Waals surface area contributed by atoms with Gasteiger partial charge in [0.05, 0.1) is 23.2 Å². The lowest BCUT2D eigenvalue weighted by molar-refractivity contribution is -0.168. The largest absolute Gasteiger partial charge is 0.429 e. The van der Waals surface area contributed by atoms with Crippen molar-refractivity contribution in [2.75, 3.05) is 39.8 Å². The molecule has 3 atom stereocenters.